The predicted octanol–water partition coefficient (Wildman–Crippen LogP) is -0.796. The number of sulfonamides is 1. The first-order valence-corrected chi connectivity index (χ1v) is 6.23. The minimum absolute atomic E-state index is 0.0829. The molecule has 0 aromatic carbocycles. The molecule has 0 aliphatic heterocycles. The Bertz CT molecular complexity index is 614. The number of nitrogen functional groups attached to an aromatic ring is 1. The fourth-order valence-corrected chi connectivity index (χ4v) is 2.25. The quantitative estimate of drug-likeness (QED) is 0.662. The molecular weight excluding hydrogens is 244 g/mol. The number of H-pyrrole nitrogens is 1. The Morgan fingerprint density at radius 1 is 1.53 bits per heavy atom. The third-order valence-electron chi connectivity index (χ3n) is 2.20. The van der Waals surface area contributed by atoms with E-state index in [9.17, 15) is 8.42 Å². The monoisotopic (exact) mass is 256 g/mol. The molecule has 0 unspecified atom stereocenters. The van der Waals surface area contributed by atoms with Crippen molar-refractivity contribution in [3.63, 3.8) is 0 Å². The van der Waals surface area contributed by atoms with Gasteiger partial charge in [0.2, 0.25) is 10.0 Å². The van der Waals surface area contributed by atoms with Gasteiger partial charge in [-0.05, 0) is 0 Å². The van der Waals surface area contributed by atoms with Gasteiger partial charge in [0, 0.05) is 25.4 Å². The minimum atomic E-state index is -3.56. The summed E-state index contributed by atoms with van der Waals surface area (Å²) in [5.41, 5.74) is 6.14. The maximum atomic E-state index is 11.8. The molecule has 0 atom stereocenters. The lowest BCUT2D eigenvalue weighted by molar-refractivity contribution is 0.581. The first-order chi connectivity index (χ1) is 7.99. The molecule has 92 valence electrons. The number of nitrogens with zero attached hydrogens (tertiary/aromatic N) is 3. The molecular formula is C8H12N6O2S. The molecule has 0 aliphatic rings. The van der Waals surface area contributed by atoms with Gasteiger partial charge in [-0.2, -0.15) is 10.2 Å². The molecule has 4 N–H and O–H groups in total. The average molecular weight is 256 g/mol. The highest BCUT2D eigenvalue weighted by molar-refractivity contribution is 7.89. The van der Waals surface area contributed by atoms with Gasteiger partial charge in [-0.1, -0.05) is 0 Å². The van der Waals surface area contributed by atoms with Crippen molar-refractivity contribution in [2.24, 2.45) is 7.05 Å². The second-order valence-electron chi connectivity index (χ2n) is 3.48. The lowest BCUT2D eigenvalue weighted by atomic mass is 10.3. The molecule has 0 amide bonds. The number of aryl methyl sites for hydroxylation is 1. The van der Waals surface area contributed by atoms with Gasteiger partial charge in [0.25, 0.3) is 0 Å². The summed E-state index contributed by atoms with van der Waals surface area (Å²) in [6.07, 6.45) is 4.17. The predicted molar refractivity (Wildman–Crippen MR) is 60.2 cm³/mol. The molecule has 0 bridgehead atoms. The van der Waals surface area contributed by atoms with Crippen molar-refractivity contribution in [3.05, 3.63) is 24.2 Å². The van der Waals surface area contributed by atoms with E-state index in [-0.39, 0.29) is 11.4 Å². The number of nitrogens with two attached hydrogens (primary N) is 1. The van der Waals surface area contributed by atoms with Crippen LogP contribution in [0, 0.1) is 0 Å². The Kier molecular flexibility index (Phi) is 2.86. The second-order valence-corrected chi connectivity index (χ2v) is 5.25. The first-order valence-electron chi connectivity index (χ1n) is 4.75. The van der Waals surface area contributed by atoms with Crippen LogP contribution >= 0.6 is 0 Å². The minimum Gasteiger partial charge on any atom is -0.384 e. The highest BCUT2D eigenvalue weighted by Gasteiger charge is 2.16. The van der Waals surface area contributed by atoms with Gasteiger partial charge in [0.1, 0.15) is 10.7 Å². The Labute approximate surface area is 97.9 Å². The lowest BCUT2D eigenvalue weighted by Gasteiger charge is -2.03. The van der Waals surface area contributed by atoms with Gasteiger partial charge in [-0.3, -0.25) is 9.78 Å². The summed E-state index contributed by atoms with van der Waals surface area (Å²) in [7, 11) is -1.92. The van der Waals surface area contributed by atoms with E-state index in [1.54, 1.807) is 7.05 Å². The zero-order valence-electron chi connectivity index (χ0n) is 9.08. The molecule has 17 heavy (non-hydrogen) atoms. The first kappa shape index (κ1) is 11.6. The number of hydrogen-bond donors (Lipinski definition) is 3. The van der Waals surface area contributed by atoms with Crippen LogP contribution in [-0.2, 0) is 23.6 Å². The highest BCUT2D eigenvalue weighted by Crippen LogP contribution is 2.09. The smallest absolute Gasteiger partial charge is 0.243 e. The van der Waals surface area contributed by atoms with Crippen LogP contribution in [0.25, 0.3) is 0 Å². The lowest BCUT2D eigenvalue weighted by Crippen LogP contribution is -2.23. The van der Waals surface area contributed by atoms with Crippen LogP contribution in [-0.4, -0.2) is 28.4 Å². The zero-order valence-corrected chi connectivity index (χ0v) is 9.90. The third kappa shape index (κ3) is 2.45. The Balaban J connectivity index is 2.11. The van der Waals surface area contributed by atoms with E-state index in [1.165, 1.54) is 23.3 Å². The molecule has 2 heterocycles. The van der Waals surface area contributed by atoms with Crippen molar-refractivity contribution in [1.82, 2.24) is 24.7 Å². The van der Waals surface area contributed by atoms with E-state index in [0.29, 0.717) is 11.4 Å². The largest absolute Gasteiger partial charge is 0.384 e. The molecule has 0 aliphatic carbocycles. The summed E-state index contributed by atoms with van der Waals surface area (Å²) in [5, 5.41) is 10.0. The second kappa shape index (κ2) is 4.18. The molecule has 8 nitrogen and oxygen atoms in total. The van der Waals surface area contributed by atoms with E-state index in [0.717, 1.165) is 0 Å². The van der Waals surface area contributed by atoms with E-state index in [1.807, 2.05) is 0 Å². The molecule has 0 spiro atoms. The van der Waals surface area contributed by atoms with Crippen molar-refractivity contribution in [2.45, 2.75) is 11.4 Å². The van der Waals surface area contributed by atoms with Crippen molar-refractivity contribution >= 4 is 15.8 Å². The normalized spacial score (nSPS) is 11.8. The van der Waals surface area contributed by atoms with Crippen LogP contribution in [0.3, 0.4) is 0 Å². The SMILES string of the molecule is Cn1cc(S(=O)(=O)NCc2cn[nH]c2N)cn1. The van der Waals surface area contributed by atoms with E-state index in [2.05, 4.69) is 20.0 Å². The standard InChI is InChI=1S/C8H12N6O2S/c1-14-5-7(4-11-14)17(15,16)12-3-6-2-10-13-8(6)9/h2,4-5,12H,3H2,1H3,(H3,9,10,13). The van der Waals surface area contributed by atoms with Crippen molar-refractivity contribution in [2.75, 3.05) is 5.73 Å². The summed E-state index contributed by atoms with van der Waals surface area (Å²) < 4.78 is 27.5. The van der Waals surface area contributed by atoms with Crippen molar-refractivity contribution in [3.8, 4) is 0 Å². The van der Waals surface area contributed by atoms with Gasteiger partial charge in [0.15, 0.2) is 0 Å². The zero-order chi connectivity index (χ0) is 12.5. The van der Waals surface area contributed by atoms with Gasteiger partial charge in [-0.25, -0.2) is 13.1 Å². The fraction of sp³-hybridized carbons (Fsp3) is 0.250. The van der Waals surface area contributed by atoms with Crippen LogP contribution in [0.4, 0.5) is 5.82 Å². The fourth-order valence-electron chi connectivity index (χ4n) is 1.26. The molecule has 9 heteroatoms. The third-order valence-corrected chi connectivity index (χ3v) is 3.55. The molecule has 2 aromatic rings. The number of anilines is 1. The maximum absolute atomic E-state index is 11.8. The summed E-state index contributed by atoms with van der Waals surface area (Å²) >= 11 is 0. The van der Waals surface area contributed by atoms with Crippen LogP contribution in [0.2, 0.25) is 0 Å². The molecule has 0 saturated heterocycles. The molecule has 2 rings (SSSR count). The Morgan fingerprint density at radius 3 is 2.82 bits per heavy atom. The number of rotatable bonds is 4. The van der Waals surface area contributed by atoms with Gasteiger partial charge in [-0.15, -0.1) is 0 Å². The number of aromatic nitrogens is 4. The van der Waals surface area contributed by atoms with E-state index < -0.39 is 10.0 Å². The Hall–Kier alpha value is -1.87. The number of aromatic amines is 1. The van der Waals surface area contributed by atoms with Crippen LogP contribution in [0.5, 0.6) is 0 Å². The van der Waals surface area contributed by atoms with Gasteiger partial charge < -0.3 is 5.73 Å². The van der Waals surface area contributed by atoms with Gasteiger partial charge >= 0.3 is 0 Å². The van der Waals surface area contributed by atoms with Gasteiger partial charge in [0.05, 0.1) is 12.4 Å². The summed E-state index contributed by atoms with van der Waals surface area (Å²) in [5.74, 6) is 0.346. The van der Waals surface area contributed by atoms with E-state index >= 15 is 0 Å². The summed E-state index contributed by atoms with van der Waals surface area (Å²) in [4.78, 5) is 0.113. The van der Waals surface area contributed by atoms with Crippen LogP contribution < -0.4 is 10.5 Å². The summed E-state index contributed by atoms with van der Waals surface area (Å²) in [6.45, 7) is 0.0829. The van der Waals surface area contributed by atoms with E-state index in [4.69, 9.17) is 5.73 Å². The topological polar surface area (TPSA) is 119 Å². The van der Waals surface area contributed by atoms with Crippen LogP contribution in [0.1, 0.15) is 5.56 Å². The average Bonchev–Trinajstić information content (AvgIpc) is 2.85. The molecule has 0 fully saturated rings. The van der Waals surface area contributed by atoms with Crippen molar-refractivity contribution in [1.29, 1.82) is 0 Å². The molecule has 0 radical (unpaired) electrons. The summed E-state index contributed by atoms with van der Waals surface area (Å²) in [6, 6.07) is 0. The number of nitrogens with one attached hydrogen (secondary N) is 2. The maximum Gasteiger partial charge on any atom is 0.243 e. The van der Waals surface area contributed by atoms with Crippen molar-refractivity contribution < 1.29 is 8.42 Å². The highest BCUT2D eigenvalue weighted by atomic mass is 32.2. The van der Waals surface area contributed by atoms with Crippen LogP contribution in [0.15, 0.2) is 23.5 Å². The molecule has 0 saturated carbocycles. The molecule has 2 aromatic heterocycles. The number of hydrogen-bond acceptors (Lipinski definition) is 5. The Morgan fingerprint density at radius 2 is 2.29 bits per heavy atom.